The Morgan fingerprint density at radius 2 is 1.88 bits per heavy atom. The third-order valence-corrected chi connectivity index (χ3v) is 6.72. The van der Waals surface area contributed by atoms with Crippen molar-refractivity contribution in [2.24, 2.45) is 5.73 Å². The van der Waals surface area contributed by atoms with Crippen LogP contribution in [-0.2, 0) is 14.8 Å². The molecule has 0 spiro atoms. The van der Waals surface area contributed by atoms with Crippen LogP contribution in [0.5, 0.6) is 0 Å². The van der Waals surface area contributed by atoms with E-state index in [1.54, 1.807) is 29.6 Å². The van der Waals surface area contributed by atoms with Crippen molar-refractivity contribution in [3.05, 3.63) is 47.3 Å². The Kier molecular flexibility index (Phi) is 6.29. The second-order valence-corrected chi connectivity index (χ2v) is 8.57. The first-order chi connectivity index (χ1) is 11.8. The number of amides is 2. The lowest BCUT2D eigenvalue weighted by atomic mass is 10.2. The topological polar surface area (TPSA) is 110 Å². The summed E-state index contributed by atoms with van der Waals surface area (Å²) in [5, 5.41) is 4.40. The van der Waals surface area contributed by atoms with Crippen LogP contribution in [0, 0.1) is 0 Å². The first kappa shape index (κ1) is 19.1. The molecule has 0 fully saturated rings. The molecular weight excluding hydrogens is 362 g/mol. The Morgan fingerprint density at radius 3 is 2.44 bits per heavy atom. The number of thiophene rings is 1. The van der Waals surface area contributed by atoms with Gasteiger partial charge in [-0.15, -0.1) is 11.3 Å². The summed E-state index contributed by atoms with van der Waals surface area (Å²) in [5.74, 6) is -0.762. The summed E-state index contributed by atoms with van der Waals surface area (Å²) in [4.78, 5) is 22.9. The third-order valence-electron chi connectivity index (χ3n) is 3.49. The highest BCUT2D eigenvalue weighted by atomic mass is 32.2. The van der Waals surface area contributed by atoms with Crippen LogP contribution >= 0.6 is 11.3 Å². The molecule has 0 atom stereocenters. The summed E-state index contributed by atoms with van der Waals surface area (Å²) < 4.78 is 26.0. The van der Waals surface area contributed by atoms with Crippen LogP contribution in [0.25, 0.3) is 0 Å². The molecular formula is C16H19N3O4S2. The fourth-order valence-corrected chi connectivity index (χ4v) is 4.50. The minimum atomic E-state index is -3.49. The Bertz CT molecular complexity index is 831. The fourth-order valence-electron chi connectivity index (χ4n) is 2.09. The van der Waals surface area contributed by atoms with Crippen molar-refractivity contribution in [2.75, 3.05) is 18.9 Å². The molecule has 3 N–H and O–H groups in total. The van der Waals surface area contributed by atoms with E-state index in [4.69, 9.17) is 5.73 Å². The number of hydrogen-bond acceptors (Lipinski definition) is 5. The van der Waals surface area contributed by atoms with Gasteiger partial charge in [-0.1, -0.05) is 6.07 Å². The molecule has 134 valence electrons. The second-order valence-electron chi connectivity index (χ2n) is 5.35. The van der Waals surface area contributed by atoms with Gasteiger partial charge >= 0.3 is 0 Å². The number of nitrogens with one attached hydrogen (secondary N) is 1. The van der Waals surface area contributed by atoms with Gasteiger partial charge in [-0.05, 0) is 42.1 Å². The number of nitrogens with zero attached hydrogens (tertiary/aromatic N) is 1. The van der Waals surface area contributed by atoms with E-state index in [0.717, 1.165) is 11.3 Å². The number of nitrogens with two attached hydrogens (primary N) is 1. The van der Waals surface area contributed by atoms with Gasteiger partial charge in [0.2, 0.25) is 11.8 Å². The van der Waals surface area contributed by atoms with E-state index in [1.165, 1.54) is 23.5 Å². The van der Waals surface area contributed by atoms with E-state index in [-0.39, 0.29) is 23.1 Å². The number of hydrogen-bond donors (Lipinski definition) is 2. The van der Waals surface area contributed by atoms with Gasteiger partial charge in [-0.3, -0.25) is 9.59 Å². The number of carbonyl (C=O) groups excluding carboxylic acids is 2. The number of benzene rings is 1. The van der Waals surface area contributed by atoms with Crippen molar-refractivity contribution in [1.29, 1.82) is 0 Å². The molecule has 1 aromatic heterocycles. The molecule has 0 saturated heterocycles. The van der Waals surface area contributed by atoms with Gasteiger partial charge in [0.15, 0.2) is 0 Å². The quantitative estimate of drug-likeness (QED) is 0.727. The summed E-state index contributed by atoms with van der Waals surface area (Å²) >= 11 is 1.16. The number of primary amides is 1. The van der Waals surface area contributed by atoms with E-state index < -0.39 is 15.9 Å². The molecule has 1 aromatic carbocycles. The van der Waals surface area contributed by atoms with Crippen LogP contribution in [0.15, 0.2) is 46.0 Å². The zero-order valence-corrected chi connectivity index (χ0v) is 15.3. The minimum absolute atomic E-state index is 0.182. The lowest BCUT2D eigenvalue weighted by molar-refractivity contribution is -0.116. The third kappa shape index (κ3) is 5.12. The smallest absolute Gasteiger partial charge is 0.252 e. The molecule has 0 unspecified atom stereocenters. The highest BCUT2D eigenvalue weighted by molar-refractivity contribution is 7.91. The number of rotatable bonds is 8. The Hall–Kier alpha value is -2.23. The second kappa shape index (κ2) is 8.24. The maximum absolute atomic E-state index is 12.2. The SMILES string of the molecule is CN(CCCC(=O)Nc1ccc(C(N)=O)cc1)S(=O)(=O)c1cccs1. The van der Waals surface area contributed by atoms with Gasteiger partial charge in [-0.2, -0.15) is 0 Å². The lowest BCUT2D eigenvalue weighted by Gasteiger charge is -2.15. The molecule has 0 aliphatic carbocycles. The monoisotopic (exact) mass is 381 g/mol. The van der Waals surface area contributed by atoms with E-state index in [9.17, 15) is 18.0 Å². The molecule has 7 nitrogen and oxygen atoms in total. The minimum Gasteiger partial charge on any atom is -0.366 e. The first-order valence-electron chi connectivity index (χ1n) is 7.50. The zero-order valence-electron chi connectivity index (χ0n) is 13.6. The molecule has 0 radical (unpaired) electrons. The number of sulfonamides is 1. The average Bonchev–Trinajstić information content (AvgIpc) is 3.10. The summed E-state index contributed by atoms with van der Waals surface area (Å²) in [6.45, 7) is 0.244. The molecule has 2 aromatic rings. The molecule has 25 heavy (non-hydrogen) atoms. The van der Waals surface area contributed by atoms with E-state index >= 15 is 0 Å². The lowest BCUT2D eigenvalue weighted by Crippen LogP contribution is -2.28. The molecule has 0 aliphatic heterocycles. The standard InChI is InChI=1S/C16H19N3O4S2/c1-19(25(22,23)15-5-3-11-24-15)10-2-4-14(20)18-13-8-6-12(7-9-13)16(17)21/h3,5-9,11H,2,4,10H2,1H3,(H2,17,21)(H,18,20). The predicted molar refractivity (Wildman–Crippen MR) is 97.0 cm³/mol. The molecule has 0 aliphatic rings. The molecule has 0 saturated carbocycles. The maximum atomic E-state index is 12.2. The van der Waals surface area contributed by atoms with Crippen LogP contribution in [0.2, 0.25) is 0 Å². The van der Waals surface area contributed by atoms with Crippen LogP contribution in [0.4, 0.5) is 5.69 Å². The Labute approximate surface area is 150 Å². The van der Waals surface area contributed by atoms with Crippen molar-refractivity contribution in [3.63, 3.8) is 0 Å². The van der Waals surface area contributed by atoms with E-state index in [1.807, 2.05) is 0 Å². The van der Waals surface area contributed by atoms with Crippen LogP contribution < -0.4 is 11.1 Å². The molecule has 0 bridgehead atoms. The summed E-state index contributed by atoms with van der Waals surface area (Å²) in [5.41, 5.74) is 6.06. The average molecular weight is 381 g/mol. The van der Waals surface area contributed by atoms with Gasteiger partial charge in [0.1, 0.15) is 4.21 Å². The normalized spacial score (nSPS) is 11.4. The molecule has 9 heteroatoms. The van der Waals surface area contributed by atoms with E-state index in [2.05, 4.69) is 5.32 Å². The van der Waals surface area contributed by atoms with Gasteiger partial charge < -0.3 is 11.1 Å². The van der Waals surface area contributed by atoms with Gasteiger partial charge in [0.05, 0.1) is 0 Å². The van der Waals surface area contributed by atoms with Crippen LogP contribution in [-0.4, -0.2) is 38.1 Å². The Morgan fingerprint density at radius 1 is 1.20 bits per heavy atom. The molecule has 1 heterocycles. The Balaban J connectivity index is 1.81. The number of anilines is 1. The largest absolute Gasteiger partial charge is 0.366 e. The summed E-state index contributed by atoms with van der Waals surface area (Å²) in [7, 11) is -1.99. The van der Waals surface area contributed by atoms with Crippen molar-refractivity contribution in [2.45, 2.75) is 17.1 Å². The molecule has 2 rings (SSSR count). The summed E-state index contributed by atoms with van der Waals surface area (Å²) in [6.07, 6.45) is 0.578. The van der Waals surface area contributed by atoms with Gasteiger partial charge in [-0.25, -0.2) is 12.7 Å². The molecule has 2 amide bonds. The highest BCUT2D eigenvalue weighted by Crippen LogP contribution is 2.20. The maximum Gasteiger partial charge on any atom is 0.252 e. The van der Waals surface area contributed by atoms with E-state index in [0.29, 0.717) is 17.7 Å². The summed E-state index contributed by atoms with van der Waals surface area (Å²) in [6, 6.07) is 9.47. The van der Waals surface area contributed by atoms with Crippen molar-refractivity contribution >= 4 is 38.9 Å². The fraction of sp³-hybridized carbons (Fsp3) is 0.250. The van der Waals surface area contributed by atoms with Crippen LogP contribution in [0.3, 0.4) is 0 Å². The van der Waals surface area contributed by atoms with Crippen molar-refractivity contribution < 1.29 is 18.0 Å². The highest BCUT2D eigenvalue weighted by Gasteiger charge is 2.21. The van der Waals surface area contributed by atoms with Gasteiger partial charge in [0, 0.05) is 31.3 Å². The van der Waals surface area contributed by atoms with Crippen LogP contribution in [0.1, 0.15) is 23.2 Å². The zero-order chi connectivity index (χ0) is 18.4. The van der Waals surface area contributed by atoms with Crippen molar-refractivity contribution in [1.82, 2.24) is 4.31 Å². The first-order valence-corrected chi connectivity index (χ1v) is 9.82. The van der Waals surface area contributed by atoms with Crippen molar-refractivity contribution in [3.8, 4) is 0 Å². The van der Waals surface area contributed by atoms with Gasteiger partial charge in [0.25, 0.3) is 10.0 Å². The number of carbonyl (C=O) groups is 2. The predicted octanol–water partition coefficient (Wildman–Crippen LogP) is 1.89.